The molecule has 4 nitrogen and oxygen atoms in total. The summed E-state index contributed by atoms with van der Waals surface area (Å²) in [5.41, 5.74) is -1.18. The van der Waals surface area contributed by atoms with Gasteiger partial charge < -0.3 is 4.74 Å². The van der Waals surface area contributed by atoms with E-state index in [1.807, 2.05) is 0 Å². The molecular weight excluding hydrogens is 362 g/mol. The predicted octanol–water partition coefficient (Wildman–Crippen LogP) is 4.71. The monoisotopic (exact) mass is 365 g/mol. The van der Waals surface area contributed by atoms with Crippen molar-refractivity contribution in [3.8, 4) is 11.5 Å². The van der Waals surface area contributed by atoms with Crippen LogP contribution in [0, 0.1) is 33.4 Å². The van der Waals surface area contributed by atoms with Gasteiger partial charge in [0.25, 0.3) is 0 Å². The van der Waals surface area contributed by atoms with E-state index in [-0.39, 0.29) is 10.5 Å². The topological polar surface area (TPSA) is 52.4 Å². The summed E-state index contributed by atoms with van der Waals surface area (Å²) in [5.74, 6) is -7.03. The van der Waals surface area contributed by atoms with Crippen LogP contribution in [0.2, 0.25) is 0 Å². The average molecular weight is 366 g/mol. The first-order valence-corrected chi connectivity index (χ1v) is 6.04. The molecule has 110 valence electrons. The van der Waals surface area contributed by atoms with E-state index in [0.29, 0.717) is 6.07 Å². The second-order valence-corrected chi connectivity index (χ2v) is 4.71. The van der Waals surface area contributed by atoms with Crippen molar-refractivity contribution in [3.63, 3.8) is 0 Å². The third kappa shape index (κ3) is 3.13. The number of halogens is 5. The minimum atomic E-state index is -1.49. The normalized spacial score (nSPS) is 10.5. The van der Waals surface area contributed by atoms with Crippen LogP contribution in [0.1, 0.15) is 0 Å². The van der Waals surface area contributed by atoms with Crippen LogP contribution < -0.4 is 4.74 Å². The Kier molecular flexibility index (Phi) is 4.12. The quantitative estimate of drug-likeness (QED) is 0.342. The number of nitrogens with zero attached hydrogens (tertiary/aromatic N) is 1. The maximum Gasteiger partial charge on any atom is 0.347 e. The largest absolute Gasteiger partial charge is 0.447 e. The highest BCUT2D eigenvalue weighted by molar-refractivity contribution is 9.10. The van der Waals surface area contributed by atoms with Crippen molar-refractivity contribution in [2.45, 2.75) is 0 Å². The van der Waals surface area contributed by atoms with Crippen LogP contribution >= 0.6 is 15.9 Å². The first-order valence-electron chi connectivity index (χ1n) is 5.25. The van der Waals surface area contributed by atoms with Gasteiger partial charge in [-0.3, -0.25) is 10.1 Å². The van der Waals surface area contributed by atoms with Crippen molar-refractivity contribution < 1.29 is 27.2 Å². The van der Waals surface area contributed by atoms with Gasteiger partial charge in [-0.2, -0.15) is 8.78 Å². The number of nitro benzene ring substituents is 1. The lowest BCUT2D eigenvalue weighted by Gasteiger charge is -2.09. The maximum absolute atomic E-state index is 13.5. The predicted molar refractivity (Wildman–Crippen MR) is 67.1 cm³/mol. The van der Waals surface area contributed by atoms with Crippen molar-refractivity contribution in [2.24, 2.45) is 0 Å². The van der Waals surface area contributed by atoms with E-state index < -0.39 is 45.4 Å². The maximum atomic E-state index is 13.5. The van der Waals surface area contributed by atoms with Crippen LogP contribution in [0.5, 0.6) is 11.5 Å². The summed E-state index contributed by atoms with van der Waals surface area (Å²) in [5, 5.41) is 10.7. The van der Waals surface area contributed by atoms with Crippen molar-refractivity contribution in [2.75, 3.05) is 0 Å². The molecule has 2 aromatic carbocycles. The van der Waals surface area contributed by atoms with Crippen LogP contribution in [0.4, 0.5) is 23.2 Å². The fourth-order valence-corrected chi connectivity index (χ4v) is 1.93. The van der Waals surface area contributed by atoms with E-state index in [2.05, 4.69) is 15.9 Å². The highest BCUT2D eigenvalue weighted by Crippen LogP contribution is 2.36. The van der Waals surface area contributed by atoms with Crippen molar-refractivity contribution in [3.05, 3.63) is 62.1 Å². The number of rotatable bonds is 3. The third-order valence-electron chi connectivity index (χ3n) is 2.36. The Hall–Kier alpha value is -2.16. The van der Waals surface area contributed by atoms with Gasteiger partial charge in [-0.05, 0) is 12.1 Å². The molecule has 0 unspecified atom stereocenters. The van der Waals surface area contributed by atoms with Gasteiger partial charge in [-0.15, -0.1) is 0 Å². The van der Waals surface area contributed by atoms with Crippen molar-refractivity contribution in [1.29, 1.82) is 0 Å². The van der Waals surface area contributed by atoms with Crippen LogP contribution in [-0.4, -0.2) is 4.92 Å². The highest BCUT2D eigenvalue weighted by atomic mass is 79.9. The lowest BCUT2D eigenvalue weighted by molar-refractivity contribution is -0.388. The molecular formula is C12H4BrF4NO3. The summed E-state index contributed by atoms with van der Waals surface area (Å²) in [6, 6.07) is 2.54. The Morgan fingerprint density at radius 3 is 2.29 bits per heavy atom. The molecule has 0 aliphatic rings. The molecule has 0 amide bonds. The highest BCUT2D eigenvalue weighted by Gasteiger charge is 2.25. The van der Waals surface area contributed by atoms with E-state index >= 15 is 0 Å². The number of ether oxygens (including phenoxy) is 1. The van der Waals surface area contributed by atoms with Crippen molar-refractivity contribution >= 4 is 21.6 Å². The van der Waals surface area contributed by atoms with Gasteiger partial charge in [0, 0.05) is 16.6 Å². The number of hydrogen-bond donors (Lipinski definition) is 0. The summed E-state index contributed by atoms with van der Waals surface area (Å²) in [7, 11) is 0. The van der Waals surface area contributed by atoms with Gasteiger partial charge in [0.1, 0.15) is 5.82 Å². The van der Waals surface area contributed by atoms with Gasteiger partial charge in [0.2, 0.25) is 17.4 Å². The summed E-state index contributed by atoms with van der Waals surface area (Å²) in [4.78, 5) is 9.59. The van der Waals surface area contributed by atoms with Crippen LogP contribution in [-0.2, 0) is 0 Å². The first-order chi connectivity index (χ1) is 9.79. The molecule has 21 heavy (non-hydrogen) atoms. The van der Waals surface area contributed by atoms with Gasteiger partial charge in [-0.1, -0.05) is 15.9 Å². The van der Waals surface area contributed by atoms with E-state index in [1.54, 1.807) is 0 Å². The van der Waals surface area contributed by atoms with Gasteiger partial charge in [0.05, 0.1) is 4.92 Å². The molecule has 0 fully saturated rings. The minimum absolute atomic E-state index is 0.0796. The molecule has 0 saturated heterocycles. The fourth-order valence-electron chi connectivity index (χ4n) is 1.52. The summed E-state index contributed by atoms with van der Waals surface area (Å²) < 4.78 is 58.1. The Labute approximate surface area is 123 Å². The molecule has 2 aromatic rings. The number of nitro groups is 1. The van der Waals surface area contributed by atoms with Crippen molar-refractivity contribution in [1.82, 2.24) is 0 Å². The first kappa shape index (κ1) is 15.2. The van der Waals surface area contributed by atoms with Crippen LogP contribution in [0.15, 0.2) is 28.7 Å². The number of hydrogen-bond acceptors (Lipinski definition) is 3. The molecule has 0 radical (unpaired) electrons. The zero-order valence-corrected chi connectivity index (χ0v) is 11.5. The zero-order chi connectivity index (χ0) is 15.7. The zero-order valence-electron chi connectivity index (χ0n) is 9.87. The molecule has 0 bridgehead atoms. The SMILES string of the molecule is O=[N+]([O-])c1c(F)cc(F)cc1Oc1cc(Br)cc(F)c1F. The van der Waals surface area contributed by atoms with Gasteiger partial charge in [-0.25, -0.2) is 8.78 Å². The Morgan fingerprint density at radius 2 is 1.67 bits per heavy atom. The molecule has 0 heterocycles. The second kappa shape index (κ2) is 5.68. The van der Waals surface area contributed by atoms with Crippen LogP contribution in [0.25, 0.3) is 0 Å². The standard InChI is InChI=1S/C12H4BrF4NO3/c13-5-1-7(15)11(17)9(2-5)21-10-4-6(14)3-8(16)12(10)18(19)20/h1-4H. The smallest absolute Gasteiger partial charge is 0.347 e. The second-order valence-electron chi connectivity index (χ2n) is 3.79. The minimum Gasteiger partial charge on any atom is -0.447 e. The lowest BCUT2D eigenvalue weighted by atomic mass is 10.2. The van der Waals surface area contributed by atoms with E-state index in [4.69, 9.17) is 4.74 Å². The molecule has 0 N–H and O–H groups in total. The molecule has 0 aliphatic heterocycles. The fraction of sp³-hybridized carbons (Fsp3) is 0. The summed E-state index contributed by atoms with van der Waals surface area (Å²) in [6.45, 7) is 0. The third-order valence-corrected chi connectivity index (χ3v) is 2.81. The average Bonchev–Trinajstić information content (AvgIpc) is 2.33. The molecule has 0 spiro atoms. The Bertz CT molecular complexity index is 739. The molecule has 9 heteroatoms. The van der Waals surface area contributed by atoms with E-state index in [0.717, 1.165) is 12.1 Å². The number of benzene rings is 2. The molecule has 0 aliphatic carbocycles. The van der Waals surface area contributed by atoms with Crippen LogP contribution in [0.3, 0.4) is 0 Å². The summed E-state index contributed by atoms with van der Waals surface area (Å²) in [6.07, 6.45) is 0. The van der Waals surface area contributed by atoms with E-state index in [9.17, 15) is 27.7 Å². The lowest BCUT2D eigenvalue weighted by Crippen LogP contribution is -2.00. The Morgan fingerprint density at radius 1 is 1.00 bits per heavy atom. The molecule has 0 saturated carbocycles. The Balaban J connectivity index is 2.57. The molecule has 2 rings (SSSR count). The molecule has 0 aromatic heterocycles. The molecule has 0 atom stereocenters. The van der Waals surface area contributed by atoms with E-state index in [1.165, 1.54) is 0 Å². The summed E-state index contributed by atoms with van der Waals surface area (Å²) >= 11 is 2.87. The van der Waals surface area contributed by atoms with Gasteiger partial charge in [0.15, 0.2) is 11.6 Å². The van der Waals surface area contributed by atoms with Gasteiger partial charge >= 0.3 is 5.69 Å².